The smallest absolute Gasteiger partial charge is 0.232 e. The van der Waals surface area contributed by atoms with Crippen molar-refractivity contribution in [3.63, 3.8) is 0 Å². The fraction of sp³-hybridized carbons (Fsp3) is 0.167. The number of rotatable bonds is 3. The highest BCUT2D eigenvalue weighted by molar-refractivity contribution is 5.97. The minimum Gasteiger partial charge on any atom is -0.457 e. The zero-order valence-electron chi connectivity index (χ0n) is 16.0. The van der Waals surface area contributed by atoms with Crippen LogP contribution in [0.2, 0.25) is 0 Å². The van der Waals surface area contributed by atoms with Crippen molar-refractivity contribution in [2.45, 2.75) is 18.4 Å². The minimum absolute atomic E-state index is 0.140. The molecule has 0 spiro atoms. The predicted octanol–water partition coefficient (Wildman–Crippen LogP) is 3.99. The largest absolute Gasteiger partial charge is 0.457 e. The number of nitrogens with one attached hydrogen (secondary N) is 1. The summed E-state index contributed by atoms with van der Waals surface area (Å²) in [4.78, 5) is 27.3. The first-order chi connectivity index (χ1) is 14.6. The van der Waals surface area contributed by atoms with Crippen molar-refractivity contribution in [1.82, 2.24) is 5.32 Å². The first-order valence-electron chi connectivity index (χ1n) is 9.82. The van der Waals surface area contributed by atoms with Crippen molar-refractivity contribution in [2.75, 3.05) is 11.4 Å². The molecule has 3 aromatic rings. The molecule has 2 aliphatic rings. The van der Waals surface area contributed by atoms with Gasteiger partial charge in [0, 0.05) is 29.8 Å². The number of hydrogen-bond acceptors (Lipinski definition) is 3. The van der Waals surface area contributed by atoms with Crippen LogP contribution in [0.5, 0.6) is 11.5 Å². The van der Waals surface area contributed by atoms with Crippen LogP contribution in [-0.2, 0) is 9.59 Å². The summed E-state index contributed by atoms with van der Waals surface area (Å²) in [6.07, 6.45) is 0.175. The molecule has 0 aromatic heterocycles. The van der Waals surface area contributed by atoms with Gasteiger partial charge in [0.25, 0.3) is 0 Å². The lowest BCUT2D eigenvalue weighted by Gasteiger charge is -2.28. The quantitative estimate of drug-likeness (QED) is 0.721. The van der Waals surface area contributed by atoms with E-state index in [0.29, 0.717) is 23.7 Å². The SMILES string of the molecule is O=C(NC1CC(=O)N(c2cccc(F)c2)C1)C1c2ccccc2Oc2ccccc21. The van der Waals surface area contributed by atoms with Gasteiger partial charge in [-0.25, -0.2) is 4.39 Å². The Balaban J connectivity index is 1.39. The van der Waals surface area contributed by atoms with Gasteiger partial charge >= 0.3 is 0 Å². The molecule has 0 saturated carbocycles. The van der Waals surface area contributed by atoms with Crippen molar-refractivity contribution in [3.05, 3.63) is 89.7 Å². The number of benzene rings is 3. The minimum atomic E-state index is -0.524. The van der Waals surface area contributed by atoms with E-state index in [-0.39, 0.29) is 24.3 Å². The summed E-state index contributed by atoms with van der Waals surface area (Å²) in [6.45, 7) is 0.306. The molecular formula is C24H19FN2O3. The van der Waals surface area contributed by atoms with Crippen LogP contribution in [-0.4, -0.2) is 24.4 Å². The van der Waals surface area contributed by atoms with E-state index < -0.39 is 11.7 Å². The Kier molecular flexibility index (Phi) is 4.47. The van der Waals surface area contributed by atoms with E-state index in [1.807, 2.05) is 48.5 Å². The number of para-hydroxylation sites is 2. The average Bonchev–Trinajstić information content (AvgIpc) is 3.11. The van der Waals surface area contributed by atoms with E-state index in [1.54, 1.807) is 12.1 Å². The Morgan fingerprint density at radius 3 is 2.30 bits per heavy atom. The maximum absolute atomic E-state index is 13.6. The molecule has 0 aliphatic carbocycles. The van der Waals surface area contributed by atoms with E-state index in [4.69, 9.17) is 4.74 Å². The van der Waals surface area contributed by atoms with Crippen LogP contribution in [0.1, 0.15) is 23.5 Å². The molecule has 5 nitrogen and oxygen atoms in total. The maximum Gasteiger partial charge on any atom is 0.232 e. The van der Waals surface area contributed by atoms with Crippen molar-refractivity contribution < 1.29 is 18.7 Å². The van der Waals surface area contributed by atoms with Gasteiger partial charge in [-0.3, -0.25) is 9.59 Å². The Morgan fingerprint density at radius 1 is 0.967 bits per heavy atom. The lowest BCUT2D eigenvalue weighted by Crippen LogP contribution is -2.40. The molecule has 2 amide bonds. The van der Waals surface area contributed by atoms with Gasteiger partial charge in [-0.2, -0.15) is 0 Å². The third-order valence-corrected chi connectivity index (χ3v) is 5.53. The molecule has 150 valence electrons. The number of hydrogen-bond donors (Lipinski definition) is 1. The van der Waals surface area contributed by atoms with E-state index in [2.05, 4.69) is 5.32 Å². The van der Waals surface area contributed by atoms with Crippen LogP contribution < -0.4 is 15.0 Å². The van der Waals surface area contributed by atoms with Crippen molar-refractivity contribution >= 4 is 17.5 Å². The fourth-order valence-electron chi connectivity index (χ4n) is 4.17. The molecule has 0 bridgehead atoms. The Hall–Kier alpha value is -3.67. The molecule has 1 saturated heterocycles. The van der Waals surface area contributed by atoms with E-state index in [9.17, 15) is 14.0 Å². The van der Waals surface area contributed by atoms with Gasteiger partial charge in [0.2, 0.25) is 11.8 Å². The normalized spacial score (nSPS) is 17.8. The zero-order chi connectivity index (χ0) is 20.7. The highest BCUT2D eigenvalue weighted by atomic mass is 19.1. The van der Waals surface area contributed by atoms with Crippen LogP contribution >= 0.6 is 0 Å². The first kappa shape index (κ1) is 18.4. The standard InChI is InChI=1S/C24H19FN2O3/c25-15-6-5-7-17(12-15)27-14-16(13-22(27)28)26-24(29)23-18-8-1-3-10-20(18)30-21-11-4-2-9-19(21)23/h1-12,16,23H,13-14H2,(H,26,29). The topological polar surface area (TPSA) is 58.6 Å². The summed E-state index contributed by atoms with van der Waals surface area (Å²) >= 11 is 0. The summed E-state index contributed by atoms with van der Waals surface area (Å²) in [5.74, 6) is 0.0592. The van der Waals surface area contributed by atoms with Gasteiger partial charge in [-0.15, -0.1) is 0 Å². The number of fused-ring (bicyclic) bond motifs is 2. The number of ether oxygens (including phenoxy) is 1. The highest BCUT2D eigenvalue weighted by Crippen LogP contribution is 2.44. The van der Waals surface area contributed by atoms with Gasteiger partial charge in [0.05, 0.1) is 12.0 Å². The monoisotopic (exact) mass is 402 g/mol. The van der Waals surface area contributed by atoms with Crippen LogP contribution in [0, 0.1) is 5.82 Å². The van der Waals surface area contributed by atoms with Crippen LogP contribution in [0.3, 0.4) is 0 Å². The van der Waals surface area contributed by atoms with E-state index in [1.165, 1.54) is 17.0 Å². The maximum atomic E-state index is 13.6. The molecule has 6 heteroatoms. The lowest BCUT2D eigenvalue weighted by atomic mass is 9.87. The van der Waals surface area contributed by atoms with E-state index in [0.717, 1.165) is 11.1 Å². The van der Waals surface area contributed by atoms with Gasteiger partial charge in [-0.1, -0.05) is 42.5 Å². The molecular weight excluding hydrogens is 383 g/mol. The highest BCUT2D eigenvalue weighted by Gasteiger charge is 2.36. The average molecular weight is 402 g/mol. The second-order valence-electron chi connectivity index (χ2n) is 7.50. The van der Waals surface area contributed by atoms with Gasteiger partial charge in [0.15, 0.2) is 0 Å². The number of anilines is 1. The Morgan fingerprint density at radius 2 is 1.63 bits per heavy atom. The summed E-state index contributed by atoms with van der Waals surface area (Å²) in [6, 6.07) is 20.5. The molecule has 2 aliphatic heterocycles. The first-order valence-corrected chi connectivity index (χ1v) is 9.82. The van der Waals surface area contributed by atoms with E-state index >= 15 is 0 Å². The second-order valence-corrected chi connectivity index (χ2v) is 7.50. The van der Waals surface area contributed by atoms with Crippen LogP contribution in [0.25, 0.3) is 0 Å². The number of carbonyl (C=O) groups is 2. The van der Waals surface area contributed by atoms with Crippen molar-refractivity contribution in [3.8, 4) is 11.5 Å². The summed E-state index contributed by atoms with van der Waals surface area (Å²) in [5, 5.41) is 3.02. The Bertz CT molecular complexity index is 1100. The molecule has 0 radical (unpaired) electrons. The molecule has 5 rings (SSSR count). The predicted molar refractivity (Wildman–Crippen MR) is 110 cm³/mol. The van der Waals surface area contributed by atoms with Gasteiger partial charge < -0.3 is 15.0 Å². The summed E-state index contributed by atoms with van der Waals surface area (Å²) in [5.41, 5.74) is 2.08. The van der Waals surface area contributed by atoms with Gasteiger partial charge in [0.1, 0.15) is 17.3 Å². The molecule has 1 N–H and O–H groups in total. The van der Waals surface area contributed by atoms with Crippen molar-refractivity contribution in [1.29, 1.82) is 0 Å². The number of carbonyl (C=O) groups excluding carboxylic acids is 2. The van der Waals surface area contributed by atoms with Gasteiger partial charge in [-0.05, 0) is 30.3 Å². The zero-order valence-corrected chi connectivity index (χ0v) is 16.0. The number of halogens is 1. The molecule has 1 fully saturated rings. The third kappa shape index (κ3) is 3.20. The Labute approximate surface area is 173 Å². The molecule has 3 aromatic carbocycles. The molecule has 30 heavy (non-hydrogen) atoms. The fourth-order valence-corrected chi connectivity index (χ4v) is 4.17. The summed E-state index contributed by atoms with van der Waals surface area (Å²) in [7, 11) is 0. The third-order valence-electron chi connectivity index (χ3n) is 5.53. The molecule has 2 heterocycles. The van der Waals surface area contributed by atoms with Crippen LogP contribution in [0.15, 0.2) is 72.8 Å². The molecule has 1 unspecified atom stereocenters. The number of amides is 2. The summed E-state index contributed by atoms with van der Waals surface area (Å²) < 4.78 is 19.5. The molecule has 1 atom stereocenters. The van der Waals surface area contributed by atoms with Crippen molar-refractivity contribution in [2.24, 2.45) is 0 Å². The number of nitrogens with zero attached hydrogens (tertiary/aromatic N) is 1. The lowest BCUT2D eigenvalue weighted by molar-refractivity contribution is -0.122. The second kappa shape index (κ2) is 7.30. The van der Waals surface area contributed by atoms with Crippen LogP contribution in [0.4, 0.5) is 10.1 Å².